The van der Waals surface area contributed by atoms with Crippen molar-refractivity contribution in [3.8, 4) is 0 Å². The summed E-state index contributed by atoms with van der Waals surface area (Å²) in [6.07, 6.45) is 2.96. The lowest BCUT2D eigenvalue weighted by Crippen LogP contribution is -2.22. The predicted molar refractivity (Wildman–Crippen MR) is 72.7 cm³/mol. The van der Waals surface area contributed by atoms with Crippen molar-refractivity contribution >= 4 is 17.5 Å². The molecule has 3 rings (SSSR count). The predicted octanol–water partition coefficient (Wildman–Crippen LogP) is 0.958. The lowest BCUT2D eigenvalue weighted by molar-refractivity contribution is 0.182. The fraction of sp³-hybridized carbons (Fsp3) is 0.583. The summed E-state index contributed by atoms with van der Waals surface area (Å²) in [7, 11) is 0. The fourth-order valence-corrected chi connectivity index (χ4v) is 2.72. The third-order valence-electron chi connectivity index (χ3n) is 3.43. The van der Waals surface area contributed by atoms with Gasteiger partial charge in [0.2, 0.25) is 10.9 Å². The van der Waals surface area contributed by atoms with Crippen LogP contribution in [-0.4, -0.2) is 38.6 Å². The molecule has 0 aromatic carbocycles. The van der Waals surface area contributed by atoms with Gasteiger partial charge in [0.15, 0.2) is 0 Å². The Kier molecular flexibility index (Phi) is 3.32. The minimum atomic E-state index is -0.126. The van der Waals surface area contributed by atoms with Gasteiger partial charge in [0.25, 0.3) is 5.56 Å². The first-order valence-corrected chi connectivity index (χ1v) is 7.50. The molecule has 19 heavy (non-hydrogen) atoms. The maximum absolute atomic E-state index is 11.9. The smallest absolute Gasteiger partial charge is 0.275 e. The quantitative estimate of drug-likeness (QED) is 0.784. The third kappa shape index (κ3) is 2.28. The molecule has 7 heteroatoms. The molecule has 0 spiro atoms. The highest BCUT2D eigenvalue weighted by Gasteiger charge is 2.19. The van der Waals surface area contributed by atoms with Gasteiger partial charge in [0.05, 0.1) is 6.61 Å². The number of hydrogen-bond donors (Lipinski definition) is 0. The van der Waals surface area contributed by atoms with E-state index in [1.807, 2.05) is 13.2 Å². The Balaban J connectivity index is 2.10. The molecule has 0 amide bonds. The number of aromatic nitrogens is 4. The Morgan fingerprint density at radius 1 is 1.58 bits per heavy atom. The highest BCUT2D eigenvalue weighted by atomic mass is 32.2. The molecule has 0 radical (unpaired) electrons. The van der Waals surface area contributed by atoms with Gasteiger partial charge in [-0.25, -0.2) is 0 Å². The first-order chi connectivity index (χ1) is 9.19. The van der Waals surface area contributed by atoms with Crippen molar-refractivity contribution in [2.24, 2.45) is 5.92 Å². The molecule has 0 N–H and O–H groups in total. The second-order valence-electron chi connectivity index (χ2n) is 4.77. The summed E-state index contributed by atoms with van der Waals surface area (Å²) in [5, 5.41) is 4.84. The Labute approximate surface area is 114 Å². The number of nitrogens with zero attached hydrogens (tertiary/aromatic N) is 4. The van der Waals surface area contributed by atoms with Crippen LogP contribution in [0.25, 0.3) is 5.78 Å². The molecular weight excluding hydrogens is 264 g/mol. The minimum absolute atomic E-state index is 0.126. The van der Waals surface area contributed by atoms with E-state index in [0.717, 1.165) is 31.9 Å². The number of rotatable bonds is 3. The number of thioether (sulfide) groups is 1. The van der Waals surface area contributed by atoms with Crippen LogP contribution in [0.2, 0.25) is 0 Å². The van der Waals surface area contributed by atoms with Crippen LogP contribution in [0.15, 0.2) is 16.0 Å². The molecule has 1 atom stereocenters. The lowest BCUT2D eigenvalue weighted by Gasteiger charge is -2.14. The van der Waals surface area contributed by atoms with E-state index in [1.165, 1.54) is 16.3 Å². The van der Waals surface area contributed by atoms with Crippen molar-refractivity contribution in [1.82, 2.24) is 19.2 Å². The van der Waals surface area contributed by atoms with E-state index in [9.17, 15) is 4.79 Å². The van der Waals surface area contributed by atoms with Crippen LogP contribution >= 0.6 is 11.8 Å². The van der Waals surface area contributed by atoms with Crippen molar-refractivity contribution in [2.75, 3.05) is 19.5 Å². The van der Waals surface area contributed by atoms with Crippen LogP contribution in [0, 0.1) is 12.8 Å². The summed E-state index contributed by atoms with van der Waals surface area (Å²) in [5.74, 6) is 1.11. The number of hydrogen-bond acceptors (Lipinski definition) is 5. The summed E-state index contributed by atoms with van der Waals surface area (Å²) < 4.78 is 8.86. The molecule has 1 aliphatic heterocycles. The highest BCUT2D eigenvalue weighted by Crippen LogP contribution is 2.18. The molecule has 1 fully saturated rings. The van der Waals surface area contributed by atoms with Gasteiger partial charge in [-0.15, -0.1) is 5.10 Å². The van der Waals surface area contributed by atoms with Crippen LogP contribution < -0.4 is 5.56 Å². The number of ether oxygens (including phenoxy) is 1. The van der Waals surface area contributed by atoms with Gasteiger partial charge in [-0.1, -0.05) is 11.8 Å². The summed E-state index contributed by atoms with van der Waals surface area (Å²) in [6, 6.07) is 1.61. The Bertz CT molecular complexity index is 658. The molecule has 3 heterocycles. The van der Waals surface area contributed by atoms with E-state index in [2.05, 4.69) is 14.6 Å². The zero-order valence-corrected chi connectivity index (χ0v) is 11.8. The first-order valence-electron chi connectivity index (χ1n) is 6.28. The summed E-state index contributed by atoms with van der Waals surface area (Å²) >= 11 is 1.44. The zero-order chi connectivity index (χ0) is 13.4. The number of aryl methyl sites for hydroxylation is 1. The van der Waals surface area contributed by atoms with Crippen molar-refractivity contribution in [1.29, 1.82) is 0 Å². The van der Waals surface area contributed by atoms with Crippen LogP contribution in [0.1, 0.15) is 12.1 Å². The molecule has 102 valence electrons. The van der Waals surface area contributed by atoms with Crippen LogP contribution in [-0.2, 0) is 11.3 Å². The average Bonchev–Trinajstić information content (AvgIpc) is 3.03. The zero-order valence-electron chi connectivity index (χ0n) is 11.0. The molecule has 0 bridgehead atoms. The standard InChI is InChI=1S/C12H16N4O2S/c1-8-5-10(17)16-12(13-11(14-16)19-2)15(8)6-9-3-4-18-7-9/h5,9H,3-4,6-7H2,1-2H3. The number of fused-ring (bicyclic) bond motifs is 1. The molecule has 6 nitrogen and oxygen atoms in total. The average molecular weight is 280 g/mol. The van der Waals surface area contributed by atoms with Gasteiger partial charge >= 0.3 is 0 Å². The normalized spacial score (nSPS) is 19.4. The Morgan fingerprint density at radius 3 is 3.11 bits per heavy atom. The molecule has 1 unspecified atom stereocenters. The van der Waals surface area contributed by atoms with E-state index in [1.54, 1.807) is 6.07 Å². The Hall–Kier alpha value is -1.34. The van der Waals surface area contributed by atoms with Crippen LogP contribution in [0.5, 0.6) is 0 Å². The lowest BCUT2D eigenvalue weighted by atomic mass is 10.1. The largest absolute Gasteiger partial charge is 0.381 e. The van der Waals surface area contributed by atoms with E-state index in [0.29, 0.717) is 16.9 Å². The maximum Gasteiger partial charge on any atom is 0.275 e. The molecule has 0 aliphatic carbocycles. The van der Waals surface area contributed by atoms with E-state index in [4.69, 9.17) is 4.74 Å². The molecule has 0 saturated carbocycles. The molecule has 1 saturated heterocycles. The topological polar surface area (TPSA) is 61.4 Å². The second-order valence-corrected chi connectivity index (χ2v) is 5.55. The van der Waals surface area contributed by atoms with Gasteiger partial charge in [0.1, 0.15) is 0 Å². The van der Waals surface area contributed by atoms with Crippen molar-refractivity contribution in [3.05, 3.63) is 22.1 Å². The minimum Gasteiger partial charge on any atom is -0.381 e. The van der Waals surface area contributed by atoms with Gasteiger partial charge in [-0.05, 0) is 19.6 Å². The monoisotopic (exact) mass is 280 g/mol. The van der Waals surface area contributed by atoms with Crippen molar-refractivity contribution in [3.63, 3.8) is 0 Å². The molecule has 2 aromatic rings. The van der Waals surface area contributed by atoms with E-state index in [-0.39, 0.29) is 5.56 Å². The first kappa shape index (κ1) is 12.7. The van der Waals surface area contributed by atoms with Crippen LogP contribution in [0.4, 0.5) is 0 Å². The Morgan fingerprint density at radius 2 is 2.42 bits per heavy atom. The molecule has 1 aliphatic rings. The maximum atomic E-state index is 11.9. The van der Waals surface area contributed by atoms with Gasteiger partial charge < -0.3 is 9.30 Å². The van der Waals surface area contributed by atoms with Gasteiger partial charge in [0, 0.05) is 30.8 Å². The SMILES string of the molecule is CSc1nc2n(CC3CCOC3)c(C)cc(=O)n2n1. The summed E-state index contributed by atoms with van der Waals surface area (Å²) in [4.78, 5) is 16.4. The highest BCUT2D eigenvalue weighted by molar-refractivity contribution is 7.98. The fourth-order valence-electron chi connectivity index (χ4n) is 2.38. The van der Waals surface area contributed by atoms with E-state index < -0.39 is 0 Å². The second kappa shape index (κ2) is 4.97. The molecule has 2 aromatic heterocycles. The molecular formula is C12H16N4O2S. The summed E-state index contributed by atoms with van der Waals surface area (Å²) in [6.45, 7) is 4.36. The van der Waals surface area contributed by atoms with Crippen molar-refractivity contribution in [2.45, 2.75) is 25.0 Å². The van der Waals surface area contributed by atoms with Gasteiger partial charge in [-0.3, -0.25) is 4.79 Å². The third-order valence-corrected chi connectivity index (χ3v) is 3.96. The van der Waals surface area contributed by atoms with E-state index >= 15 is 0 Å². The summed E-state index contributed by atoms with van der Waals surface area (Å²) in [5.41, 5.74) is 0.795. The van der Waals surface area contributed by atoms with Gasteiger partial charge in [-0.2, -0.15) is 9.50 Å². The van der Waals surface area contributed by atoms with Crippen LogP contribution in [0.3, 0.4) is 0 Å². The van der Waals surface area contributed by atoms with Crippen molar-refractivity contribution < 1.29 is 4.74 Å².